The minimum absolute atomic E-state index is 0.628. The van der Waals surface area contributed by atoms with E-state index in [1.807, 2.05) is 12.3 Å². The van der Waals surface area contributed by atoms with Gasteiger partial charge in [0.2, 0.25) is 5.88 Å². The van der Waals surface area contributed by atoms with Gasteiger partial charge in [-0.05, 0) is 113 Å². The molecule has 0 atom stereocenters. The lowest BCUT2D eigenvalue weighted by Crippen LogP contribution is -2.24. The topological polar surface area (TPSA) is 122 Å². The molecule has 0 bridgehead atoms. The average Bonchev–Trinajstić information content (AvgIpc) is 2.87. The highest BCUT2D eigenvalue weighted by Gasteiger charge is 2.06. The molecule has 1 aromatic carbocycles. The number of benzene rings is 1. The summed E-state index contributed by atoms with van der Waals surface area (Å²) in [5.41, 5.74) is 15.9. The number of hydrogen-bond donors (Lipinski definition) is 6. The van der Waals surface area contributed by atoms with E-state index >= 15 is 0 Å². The molecule has 1 aromatic heterocycles. The van der Waals surface area contributed by atoms with E-state index in [2.05, 4.69) is 50.5 Å². The third kappa shape index (κ3) is 11.9. The van der Waals surface area contributed by atoms with Gasteiger partial charge in [-0.25, -0.2) is 4.98 Å². The van der Waals surface area contributed by atoms with E-state index in [-0.39, 0.29) is 0 Å². The van der Waals surface area contributed by atoms with Crippen molar-refractivity contribution in [2.24, 2.45) is 11.5 Å². The Balaban J connectivity index is 1.89. The lowest BCUT2D eigenvalue weighted by molar-refractivity contribution is 0.398. The highest BCUT2D eigenvalue weighted by atomic mass is 16.5. The number of nitrogens with one attached hydrogen (secondary N) is 4. The van der Waals surface area contributed by atoms with Crippen molar-refractivity contribution >= 4 is 0 Å². The molecule has 0 spiro atoms. The summed E-state index contributed by atoms with van der Waals surface area (Å²) in [5.74, 6) is 0.628. The van der Waals surface area contributed by atoms with E-state index in [0.29, 0.717) is 5.88 Å². The lowest BCUT2D eigenvalue weighted by Gasteiger charge is -2.13. The largest absolute Gasteiger partial charge is 0.481 e. The van der Waals surface area contributed by atoms with Crippen LogP contribution >= 0.6 is 0 Å². The normalized spacial score (nSPS) is 11.1. The number of methoxy groups -OCH3 is 1. The van der Waals surface area contributed by atoms with Crippen molar-refractivity contribution in [3.8, 4) is 17.0 Å². The Hall–Kier alpha value is -2.07. The molecule has 0 aliphatic carbocycles. The first-order valence-corrected chi connectivity index (χ1v) is 12.6. The van der Waals surface area contributed by atoms with E-state index in [1.165, 1.54) is 16.7 Å². The third-order valence-electron chi connectivity index (χ3n) is 5.52. The van der Waals surface area contributed by atoms with Crippen molar-refractivity contribution in [2.75, 3.05) is 59.5 Å². The maximum absolute atomic E-state index is 5.53. The molecule has 0 fully saturated rings. The monoisotopic (exact) mass is 471 g/mol. The van der Waals surface area contributed by atoms with Crippen LogP contribution < -0.4 is 37.5 Å². The maximum Gasteiger partial charge on any atom is 0.212 e. The highest BCUT2D eigenvalue weighted by molar-refractivity contribution is 5.64. The maximum atomic E-state index is 5.53. The Labute approximate surface area is 205 Å². The summed E-state index contributed by atoms with van der Waals surface area (Å²) in [6.45, 7) is 9.16. The summed E-state index contributed by atoms with van der Waals surface area (Å²) in [6, 6.07) is 10.8. The van der Waals surface area contributed by atoms with Gasteiger partial charge in [0.15, 0.2) is 0 Å². The van der Waals surface area contributed by atoms with Crippen molar-refractivity contribution in [1.29, 1.82) is 0 Å². The Morgan fingerprint density at radius 3 is 1.68 bits per heavy atom. The molecule has 0 radical (unpaired) electrons. The van der Waals surface area contributed by atoms with Crippen molar-refractivity contribution in [3.05, 3.63) is 47.7 Å². The minimum Gasteiger partial charge on any atom is -0.481 e. The van der Waals surface area contributed by atoms with Crippen LogP contribution in [-0.2, 0) is 13.1 Å². The van der Waals surface area contributed by atoms with E-state index in [9.17, 15) is 0 Å². The van der Waals surface area contributed by atoms with Crippen molar-refractivity contribution in [3.63, 3.8) is 0 Å². The predicted octanol–water partition coefficient (Wildman–Crippen LogP) is 1.59. The van der Waals surface area contributed by atoms with Crippen molar-refractivity contribution in [2.45, 2.75) is 38.8 Å². The third-order valence-corrected chi connectivity index (χ3v) is 5.52. The molecule has 8 heteroatoms. The van der Waals surface area contributed by atoms with Gasteiger partial charge in [-0.15, -0.1) is 0 Å². The van der Waals surface area contributed by atoms with Crippen LogP contribution in [0.25, 0.3) is 11.1 Å². The Bertz CT molecular complexity index is 732. The molecule has 0 aliphatic rings. The van der Waals surface area contributed by atoms with Crippen LogP contribution in [0, 0.1) is 0 Å². The van der Waals surface area contributed by atoms with Gasteiger partial charge in [0, 0.05) is 30.9 Å². The lowest BCUT2D eigenvalue weighted by atomic mass is 10.0. The molecule has 190 valence electrons. The zero-order valence-corrected chi connectivity index (χ0v) is 20.9. The van der Waals surface area contributed by atoms with Gasteiger partial charge in [0.1, 0.15) is 0 Å². The summed E-state index contributed by atoms with van der Waals surface area (Å²) in [7, 11) is 1.64. The second-order valence-corrected chi connectivity index (χ2v) is 8.47. The summed E-state index contributed by atoms with van der Waals surface area (Å²) in [5, 5.41) is 14.0. The van der Waals surface area contributed by atoms with Crippen LogP contribution in [-0.4, -0.2) is 64.5 Å². The molecule has 0 aliphatic heterocycles. The molecule has 1 heterocycles. The van der Waals surface area contributed by atoms with Crippen LogP contribution in [0.5, 0.6) is 5.88 Å². The van der Waals surface area contributed by atoms with Crippen molar-refractivity contribution < 1.29 is 4.74 Å². The van der Waals surface area contributed by atoms with Crippen LogP contribution in [0.1, 0.15) is 36.8 Å². The molecule has 0 amide bonds. The minimum atomic E-state index is 0.628. The fourth-order valence-electron chi connectivity index (χ4n) is 3.65. The fourth-order valence-corrected chi connectivity index (χ4v) is 3.65. The molecule has 0 unspecified atom stereocenters. The Kier molecular flexibility index (Phi) is 15.1. The van der Waals surface area contributed by atoms with Gasteiger partial charge in [0.05, 0.1) is 7.11 Å². The van der Waals surface area contributed by atoms with Crippen LogP contribution in [0.15, 0.2) is 36.5 Å². The zero-order chi connectivity index (χ0) is 24.3. The number of ether oxygens (including phenoxy) is 1. The molecular weight excluding hydrogens is 426 g/mol. The first-order valence-electron chi connectivity index (χ1n) is 12.6. The summed E-state index contributed by atoms with van der Waals surface area (Å²) in [6.07, 6.45) is 6.13. The number of hydrogen-bond acceptors (Lipinski definition) is 8. The molecule has 8 nitrogen and oxygen atoms in total. The van der Waals surface area contributed by atoms with Crippen LogP contribution in [0.3, 0.4) is 0 Å². The zero-order valence-electron chi connectivity index (χ0n) is 20.9. The van der Waals surface area contributed by atoms with E-state index in [0.717, 1.165) is 96.7 Å². The Morgan fingerprint density at radius 2 is 1.21 bits per heavy atom. The van der Waals surface area contributed by atoms with E-state index in [1.54, 1.807) is 7.11 Å². The molecule has 0 saturated heterocycles. The number of aromatic nitrogens is 1. The smallest absolute Gasteiger partial charge is 0.212 e. The molecule has 8 N–H and O–H groups in total. The predicted molar refractivity (Wildman–Crippen MR) is 142 cm³/mol. The quantitative estimate of drug-likeness (QED) is 0.161. The first-order chi connectivity index (χ1) is 16.8. The van der Waals surface area contributed by atoms with Gasteiger partial charge in [-0.2, -0.15) is 0 Å². The first kappa shape index (κ1) is 28.2. The highest BCUT2D eigenvalue weighted by Crippen LogP contribution is 2.23. The SMILES string of the molecule is COc1ccc(-c2cc(CNCCCNCCCN)cc(CNCCCNCCCN)c2)cn1. The fraction of sp³-hybridized carbons (Fsp3) is 0.577. The molecule has 34 heavy (non-hydrogen) atoms. The molecule has 2 rings (SSSR count). The van der Waals surface area contributed by atoms with Gasteiger partial charge >= 0.3 is 0 Å². The molecular formula is C26H45N7O. The van der Waals surface area contributed by atoms with Crippen LogP contribution in [0.4, 0.5) is 0 Å². The molecule has 0 saturated carbocycles. The second kappa shape index (κ2) is 18.3. The number of rotatable bonds is 20. The van der Waals surface area contributed by atoms with Gasteiger partial charge in [-0.3, -0.25) is 0 Å². The summed E-state index contributed by atoms with van der Waals surface area (Å²) in [4.78, 5) is 4.38. The van der Waals surface area contributed by atoms with Gasteiger partial charge in [-0.1, -0.05) is 6.07 Å². The summed E-state index contributed by atoms with van der Waals surface area (Å²) < 4.78 is 5.21. The van der Waals surface area contributed by atoms with Crippen LogP contribution in [0.2, 0.25) is 0 Å². The van der Waals surface area contributed by atoms with E-state index in [4.69, 9.17) is 16.2 Å². The Morgan fingerprint density at radius 1 is 0.676 bits per heavy atom. The number of nitrogens with two attached hydrogens (primary N) is 2. The standard InChI is InChI=1S/C26H45N7O/c1-34-26-7-6-24(21-33-26)25-17-22(19-31-14-4-12-29-10-2-8-27)16-23(18-25)20-32-15-5-13-30-11-3-9-28/h6-7,16-18,21,29-32H,2-5,8-15,19-20,27-28H2,1H3. The van der Waals surface area contributed by atoms with Crippen molar-refractivity contribution in [1.82, 2.24) is 26.3 Å². The van der Waals surface area contributed by atoms with E-state index < -0.39 is 0 Å². The van der Waals surface area contributed by atoms with Gasteiger partial charge < -0.3 is 37.5 Å². The van der Waals surface area contributed by atoms with Gasteiger partial charge in [0.25, 0.3) is 0 Å². The number of nitrogens with zero attached hydrogens (tertiary/aromatic N) is 1. The second-order valence-electron chi connectivity index (χ2n) is 8.47. The average molecular weight is 472 g/mol. The summed E-state index contributed by atoms with van der Waals surface area (Å²) >= 11 is 0. The molecule has 2 aromatic rings. The number of pyridine rings is 1.